The summed E-state index contributed by atoms with van der Waals surface area (Å²) >= 11 is 0. The third kappa shape index (κ3) is 6.81. The van der Waals surface area contributed by atoms with Gasteiger partial charge in [0.25, 0.3) is 0 Å². The van der Waals surface area contributed by atoms with Crippen molar-refractivity contribution in [3.63, 3.8) is 0 Å². The molecule has 1 aromatic heterocycles. The van der Waals surface area contributed by atoms with Gasteiger partial charge in [-0.25, -0.2) is 23.1 Å². The molecule has 236 valence electrons. The lowest BCUT2D eigenvalue weighted by atomic mass is 9.85. The quantitative estimate of drug-likeness (QED) is 0.313. The van der Waals surface area contributed by atoms with Crippen LogP contribution in [0.5, 0.6) is 0 Å². The lowest BCUT2D eigenvalue weighted by molar-refractivity contribution is -0.0602. The summed E-state index contributed by atoms with van der Waals surface area (Å²) in [4.78, 5) is 29.9. The van der Waals surface area contributed by atoms with Gasteiger partial charge in [0.2, 0.25) is 0 Å². The second kappa shape index (κ2) is 13.8. The van der Waals surface area contributed by atoms with Crippen molar-refractivity contribution in [2.75, 3.05) is 44.5 Å². The average Bonchev–Trinajstić information content (AvgIpc) is 3.76. The number of hydrazone groups is 1. The number of aliphatic hydroxyl groups is 1. The zero-order chi connectivity index (χ0) is 30.6. The molecule has 44 heavy (non-hydrogen) atoms. The number of carbonyl (C=O) groups is 2. The minimum atomic E-state index is -2.01. The maximum atomic E-state index is 15.2. The van der Waals surface area contributed by atoms with E-state index in [2.05, 4.69) is 20.6 Å². The molecule has 3 aromatic rings. The molecular formula is C27H32ClF2N9O5. The van der Waals surface area contributed by atoms with Crippen molar-refractivity contribution in [2.24, 2.45) is 5.10 Å². The van der Waals surface area contributed by atoms with E-state index in [0.717, 1.165) is 6.07 Å². The molecular weight excluding hydrogens is 604 g/mol. The van der Waals surface area contributed by atoms with Crippen molar-refractivity contribution in [3.05, 3.63) is 66.0 Å². The Hall–Kier alpha value is -4.57. The third-order valence-electron chi connectivity index (χ3n) is 7.29. The summed E-state index contributed by atoms with van der Waals surface area (Å²) in [6.45, 7) is 3.92. The van der Waals surface area contributed by atoms with Gasteiger partial charge >= 0.3 is 12.2 Å². The molecule has 2 amide bonds. The van der Waals surface area contributed by atoms with Gasteiger partial charge in [-0.05, 0) is 54.1 Å². The Morgan fingerprint density at radius 3 is 2.55 bits per heavy atom. The fraction of sp³-hybridized carbons (Fsp3) is 0.407. The molecule has 17 heteroatoms. The Morgan fingerprint density at radius 2 is 1.86 bits per heavy atom. The number of aromatic nitrogens is 4. The van der Waals surface area contributed by atoms with Gasteiger partial charge in [-0.1, -0.05) is 13.0 Å². The van der Waals surface area contributed by atoms with Crippen LogP contribution < -0.4 is 4.90 Å². The van der Waals surface area contributed by atoms with Crippen molar-refractivity contribution < 1.29 is 33.0 Å². The van der Waals surface area contributed by atoms with Crippen LogP contribution in [-0.4, -0.2) is 104 Å². The van der Waals surface area contributed by atoms with Crippen molar-refractivity contribution in [2.45, 2.75) is 31.9 Å². The van der Waals surface area contributed by atoms with Crippen LogP contribution in [0.25, 0.3) is 5.69 Å². The first kappa shape index (κ1) is 32.3. The average molecular weight is 636 g/mol. The van der Waals surface area contributed by atoms with E-state index >= 15 is 4.39 Å². The number of ether oxygens (including phenoxy) is 2. The standard InChI is InChI=1S/C27H31F2N9O5.ClH/c1-3-12-42-26(40)43-18-34-16-31-35(17-34)14-27(41,23-9-4-20(28)13-24(23)29)19(2)36-10-11-37(25(36)39)21-5-7-22(8-6-21)38-15-30-32-33-38;/h4-9,13,15-16,19,41H,3,10-12,14,17-18H2,1-2H3;1H/t19-,27-;/m1./s1. The minimum Gasteiger partial charge on any atom is -0.434 e. The highest BCUT2D eigenvalue weighted by atomic mass is 35.5. The van der Waals surface area contributed by atoms with Crippen molar-refractivity contribution >= 4 is 36.6 Å². The molecule has 2 aliphatic rings. The van der Waals surface area contributed by atoms with Crippen LogP contribution in [0.15, 0.2) is 53.9 Å². The zero-order valence-corrected chi connectivity index (χ0v) is 24.8. The Balaban J connectivity index is 0.00000442. The number of amides is 2. The summed E-state index contributed by atoms with van der Waals surface area (Å²) in [7, 11) is 0. The van der Waals surface area contributed by atoms with E-state index in [9.17, 15) is 19.1 Å². The highest BCUT2D eigenvalue weighted by Crippen LogP contribution is 2.35. The topological polar surface area (TPSA) is 142 Å². The molecule has 1 fully saturated rings. The van der Waals surface area contributed by atoms with Crippen LogP contribution in [0.1, 0.15) is 25.8 Å². The van der Waals surface area contributed by atoms with E-state index < -0.39 is 35.5 Å². The summed E-state index contributed by atoms with van der Waals surface area (Å²) in [6.07, 6.45) is 2.68. The monoisotopic (exact) mass is 635 g/mol. The van der Waals surface area contributed by atoms with Crippen molar-refractivity contribution in [1.29, 1.82) is 0 Å². The first-order chi connectivity index (χ1) is 20.7. The molecule has 2 atom stereocenters. The number of halogens is 3. The zero-order valence-electron chi connectivity index (χ0n) is 24.0. The highest BCUT2D eigenvalue weighted by Gasteiger charge is 2.47. The second-order valence-electron chi connectivity index (χ2n) is 10.1. The molecule has 0 aliphatic carbocycles. The maximum Gasteiger partial charge on any atom is 0.510 e. The van der Waals surface area contributed by atoms with Crippen LogP contribution in [0.4, 0.5) is 24.1 Å². The normalized spacial score (nSPS) is 16.6. The number of nitrogens with zero attached hydrogens (tertiary/aromatic N) is 9. The second-order valence-corrected chi connectivity index (χ2v) is 10.1. The molecule has 5 rings (SSSR count). The number of tetrazole rings is 1. The Labute approximate surface area is 257 Å². The Morgan fingerprint density at radius 1 is 1.11 bits per heavy atom. The number of urea groups is 1. The highest BCUT2D eigenvalue weighted by molar-refractivity contribution is 5.94. The van der Waals surface area contributed by atoms with Gasteiger partial charge in [-0.15, -0.1) is 17.5 Å². The number of hydrogen-bond acceptors (Lipinski definition) is 11. The van der Waals surface area contributed by atoms with Gasteiger partial charge in [-0.2, -0.15) is 5.10 Å². The number of β-amino-alcohol motifs (C(OH)–C–C–N with tert-alkyl or cyclic N) is 1. The molecule has 2 aromatic carbocycles. The molecule has 1 saturated heterocycles. The molecule has 0 unspecified atom stereocenters. The predicted molar refractivity (Wildman–Crippen MR) is 155 cm³/mol. The number of hydrogen-bond donors (Lipinski definition) is 1. The lowest BCUT2D eigenvalue weighted by Crippen LogP contribution is -2.55. The van der Waals surface area contributed by atoms with E-state index in [4.69, 9.17) is 9.47 Å². The van der Waals surface area contributed by atoms with E-state index in [0.29, 0.717) is 30.4 Å². The maximum absolute atomic E-state index is 15.2. The first-order valence-corrected chi connectivity index (χ1v) is 13.6. The van der Waals surface area contributed by atoms with Crippen LogP contribution in [0, 0.1) is 11.6 Å². The molecule has 0 bridgehead atoms. The van der Waals surface area contributed by atoms with E-state index in [-0.39, 0.29) is 51.1 Å². The summed E-state index contributed by atoms with van der Waals surface area (Å²) in [6, 6.07) is 8.58. The van der Waals surface area contributed by atoms with Gasteiger partial charge in [0.05, 0.1) is 24.9 Å². The fourth-order valence-corrected chi connectivity index (χ4v) is 4.99. The van der Waals surface area contributed by atoms with Gasteiger partial charge in [-0.3, -0.25) is 9.91 Å². The SMILES string of the molecule is CCCOC(=O)OCN1C=NN(C[C@](O)(c2ccc(F)cc2F)[C@@H](C)N2CCN(c3ccc(-n4cnnn4)cc3)C2=O)C1.Cl. The minimum absolute atomic E-state index is 0. The lowest BCUT2D eigenvalue weighted by Gasteiger charge is -2.41. The Kier molecular flexibility index (Phi) is 10.2. The molecule has 0 spiro atoms. The molecule has 14 nitrogen and oxygen atoms in total. The molecule has 0 saturated carbocycles. The largest absolute Gasteiger partial charge is 0.510 e. The summed E-state index contributed by atoms with van der Waals surface area (Å²) in [5, 5.41) is 28.9. The summed E-state index contributed by atoms with van der Waals surface area (Å²) < 4.78 is 40.5. The van der Waals surface area contributed by atoms with E-state index in [1.54, 1.807) is 41.0 Å². The van der Waals surface area contributed by atoms with Crippen molar-refractivity contribution in [1.82, 2.24) is 35.0 Å². The third-order valence-corrected chi connectivity index (χ3v) is 7.29. The van der Waals surface area contributed by atoms with Gasteiger partial charge in [0.1, 0.15) is 36.6 Å². The number of rotatable bonds is 11. The van der Waals surface area contributed by atoms with Crippen molar-refractivity contribution in [3.8, 4) is 5.69 Å². The number of carbonyl (C=O) groups excluding carboxylic acids is 2. The smallest absolute Gasteiger partial charge is 0.434 e. The van der Waals surface area contributed by atoms with E-state index in [1.807, 2.05) is 6.92 Å². The predicted octanol–water partition coefficient (Wildman–Crippen LogP) is 2.92. The van der Waals surface area contributed by atoms with Gasteiger partial charge in [0.15, 0.2) is 6.73 Å². The van der Waals surface area contributed by atoms with Crippen LogP contribution >= 0.6 is 12.4 Å². The van der Waals surface area contributed by atoms with Crippen LogP contribution in [0.3, 0.4) is 0 Å². The van der Waals surface area contributed by atoms with Crippen LogP contribution in [0.2, 0.25) is 0 Å². The Bertz CT molecular complexity index is 1470. The molecule has 0 radical (unpaired) electrons. The van der Waals surface area contributed by atoms with Crippen LogP contribution in [-0.2, 0) is 15.1 Å². The molecule has 2 aliphatic heterocycles. The number of benzene rings is 2. The first-order valence-electron chi connectivity index (χ1n) is 13.6. The number of anilines is 1. The molecule has 1 N–H and O–H groups in total. The summed E-state index contributed by atoms with van der Waals surface area (Å²) in [5.74, 6) is -1.76. The summed E-state index contributed by atoms with van der Waals surface area (Å²) in [5.41, 5.74) is -0.881. The van der Waals surface area contributed by atoms with E-state index in [1.165, 1.54) is 33.3 Å². The molecule has 3 heterocycles. The fourth-order valence-electron chi connectivity index (χ4n) is 4.99. The van der Waals surface area contributed by atoms with Gasteiger partial charge < -0.3 is 24.4 Å². The van der Waals surface area contributed by atoms with Gasteiger partial charge in [0, 0.05) is 30.4 Å².